The summed E-state index contributed by atoms with van der Waals surface area (Å²) in [6, 6.07) is 10.5. The normalized spacial score (nSPS) is 11.1. The van der Waals surface area contributed by atoms with Gasteiger partial charge in [-0.15, -0.1) is 0 Å². The molecule has 0 atom stereocenters. The van der Waals surface area contributed by atoms with Crippen LogP contribution in [0.2, 0.25) is 0 Å². The molecule has 0 spiro atoms. The second-order valence-electron chi connectivity index (χ2n) is 8.12. The summed E-state index contributed by atoms with van der Waals surface area (Å²) in [5, 5.41) is 11.0. The van der Waals surface area contributed by atoms with Crippen LogP contribution in [-0.4, -0.2) is 17.6 Å². The summed E-state index contributed by atoms with van der Waals surface area (Å²) in [5.41, 5.74) is 23.3. The minimum atomic E-state index is 0.0131. The quantitative estimate of drug-likeness (QED) is 0.361. The maximum absolute atomic E-state index is 11.0. The molecule has 0 aliphatic rings. The number of hydrogen-bond acceptors (Lipinski definition) is 3. The van der Waals surface area contributed by atoms with Crippen LogP contribution >= 0.6 is 0 Å². The smallest absolute Gasteiger partial charge is 0.191 e. The van der Waals surface area contributed by atoms with Crippen molar-refractivity contribution in [2.24, 2.45) is 28.1 Å². The lowest BCUT2D eigenvalue weighted by atomic mass is 9.85. The molecule has 158 valence electrons. The number of guanidine groups is 1. The van der Waals surface area contributed by atoms with Crippen LogP contribution in [-0.2, 0) is 25.7 Å². The van der Waals surface area contributed by atoms with E-state index in [4.69, 9.17) is 17.2 Å². The van der Waals surface area contributed by atoms with E-state index in [1.54, 1.807) is 0 Å². The Morgan fingerprint density at radius 1 is 0.966 bits per heavy atom. The van der Waals surface area contributed by atoms with Crippen molar-refractivity contribution in [1.82, 2.24) is 0 Å². The highest BCUT2D eigenvalue weighted by molar-refractivity contribution is 5.81. The highest BCUT2D eigenvalue weighted by atomic mass is 16.3. The maximum atomic E-state index is 11.0. The molecule has 0 saturated heterocycles. The van der Waals surface area contributed by atoms with E-state index in [0.29, 0.717) is 18.2 Å². The molecule has 29 heavy (non-hydrogen) atoms. The van der Waals surface area contributed by atoms with Gasteiger partial charge in [-0.1, -0.05) is 44.2 Å². The van der Waals surface area contributed by atoms with Gasteiger partial charge in [0.1, 0.15) is 5.75 Å². The first-order valence-corrected chi connectivity index (χ1v) is 10.5. The van der Waals surface area contributed by atoms with Crippen LogP contribution in [0, 0.1) is 12.8 Å². The third-order valence-electron chi connectivity index (χ3n) is 5.23. The summed E-state index contributed by atoms with van der Waals surface area (Å²) in [4.78, 5) is 4.39. The monoisotopic (exact) mass is 396 g/mol. The summed E-state index contributed by atoms with van der Waals surface area (Å²) in [6.45, 7) is 6.87. The summed E-state index contributed by atoms with van der Waals surface area (Å²) >= 11 is 0. The molecule has 0 aliphatic carbocycles. The molecule has 0 bridgehead atoms. The second-order valence-corrected chi connectivity index (χ2v) is 8.12. The van der Waals surface area contributed by atoms with Gasteiger partial charge in [-0.25, -0.2) is 4.99 Å². The topological polar surface area (TPSA) is 111 Å². The van der Waals surface area contributed by atoms with Gasteiger partial charge in [0.15, 0.2) is 5.96 Å². The standard InChI is InChI=1S/C24H36N4O/c1-16(2)15-21-19(13-8-14-25)20(12-7-11-18-9-5-4-6-10-18)23(29)17(3)22(21)28-24(26)27/h4-6,9-10,16,29H,7-8,11-15,25H2,1-3H3,(H4,26,27,28). The molecule has 2 rings (SSSR count). The number of phenols is 1. The minimum absolute atomic E-state index is 0.0131. The van der Waals surface area contributed by atoms with Crippen LogP contribution in [0.25, 0.3) is 0 Å². The van der Waals surface area contributed by atoms with Crippen LogP contribution in [0.3, 0.4) is 0 Å². The van der Waals surface area contributed by atoms with Crippen LogP contribution in [0.4, 0.5) is 5.69 Å². The zero-order valence-electron chi connectivity index (χ0n) is 18.0. The molecule has 0 aromatic heterocycles. The van der Waals surface area contributed by atoms with Gasteiger partial charge in [0, 0.05) is 5.56 Å². The van der Waals surface area contributed by atoms with Crippen molar-refractivity contribution in [3.63, 3.8) is 0 Å². The lowest BCUT2D eigenvalue weighted by molar-refractivity contribution is 0.460. The highest BCUT2D eigenvalue weighted by Crippen LogP contribution is 2.40. The Balaban J connectivity index is 2.48. The van der Waals surface area contributed by atoms with Gasteiger partial charge in [0.05, 0.1) is 5.69 Å². The van der Waals surface area contributed by atoms with Gasteiger partial charge in [0.25, 0.3) is 0 Å². The predicted molar refractivity (Wildman–Crippen MR) is 123 cm³/mol. The van der Waals surface area contributed by atoms with Crippen molar-refractivity contribution < 1.29 is 5.11 Å². The zero-order valence-corrected chi connectivity index (χ0v) is 18.0. The number of aromatic hydroxyl groups is 1. The third-order valence-corrected chi connectivity index (χ3v) is 5.23. The number of benzene rings is 2. The van der Waals surface area contributed by atoms with E-state index in [1.165, 1.54) is 11.1 Å². The van der Waals surface area contributed by atoms with Crippen LogP contribution < -0.4 is 17.2 Å². The van der Waals surface area contributed by atoms with Crippen LogP contribution in [0.1, 0.15) is 54.5 Å². The molecular formula is C24H36N4O. The molecule has 0 fully saturated rings. The maximum Gasteiger partial charge on any atom is 0.191 e. The number of aryl methyl sites for hydroxylation is 1. The van der Waals surface area contributed by atoms with Crippen molar-refractivity contribution in [1.29, 1.82) is 0 Å². The van der Waals surface area contributed by atoms with Crippen molar-refractivity contribution in [2.75, 3.05) is 6.54 Å². The number of nitrogens with two attached hydrogens (primary N) is 3. The molecule has 2 aromatic rings. The molecule has 0 amide bonds. The van der Waals surface area contributed by atoms with Crippen molar-refractivity contribution in [3.8, 4) is 5.75 Å². The lowest BCUT2D eigenvalue weighted by Gasteiger charge is -2.22. The zero-order chi connectivity index (χ0) is 21.4. The molecule has 0 saturated carbocycles. The Labute approximate surface area is 175 Å². The predicted octanol–water partition coefficient (Wildman–Crippen LogP) is 3.87. The Morgan fingerprint density at radius 3 is 2.21 bits per heavy atom. The molecule has 0 heterocycles. The van der Waals surface area contributed by atoms with Gasteiger partial charge < -0.3 is 22.3 Å². The van der Waals surface area contributed by atoms with Gasteiger partial charge in [-0.3, -0.25) is 0 Å². The number of nitrogens with zero attached hydrogens (tertiary/aromatic N) is 1. The van der Waals surface area contributed by atoms with Crippen molar-refractivity contribution >= 4 is 11.6 Å². The molecule has 5 nitrogen and oxygen atoms in total. The largest absolute Gasteiger partial charge is 0.507 e. The molecule has 2 aromatic carbocycles. The van der Waals surface area contributed by atoms with Gasteiger partial charge in [-0.05, 0) is 80.2 Å². The number of hydrogen-bond donors (Lipinski definition) is 4. The number of phenolic OH excluding ortho intramolecular Hbond substituents is 1. The Hall–Kier alpha value is -2.53. The van der Waals surface area contributed by atoms with E-state index in [9.17, 15) is 5.11 Å². The fourth-order valence-electron chi connectivity index (χ4n) is 3.91. The highest BCUT2D eigenvalue weighted by Gasteiger charge is 2.22. The fourth-order valence-corrected chi connectivity index (χ4v) is 3.91. The summed E-state index contributed by atoms with van der Waals surface area (Å²) in [5.74, 6) is 0.775. The summed E-state index contributed by atoms with van der Waals surface area (Å²) in [7, 11) is 0. The summed E-state index contributed by atoms with van der Waals surface area (Å²) < 4.78 is 0. The molecule has 0 unspecified atom stereocenters. The Bertz CT molecular complexity index is 825. The third kappa shape index (κ3) is 6.23. The second kappa shape index (κ2) is 10.9. The van der Waals surface area contributed by atoms with Crippen molar-refractivity contribution in [3.05, 3.63) is 58.1 Å². The number of aliphatic imine (C=N–C) groups is 1. The van der Waals surface area contributed by atoms with Gasteiger partial charge in [0.2, 0.25) is 0 Å². The molecule has 0 aliphatic heterocycles. The Kier molecular flexibility index (Phi) is 8.52. The van der Waals surface area contributed by atoms with E-state index in [2.05, 4.69) is 43.1 Å². The molecule has 5 heteroatoms. The van der Waals surface area contributed by atoms with E-state index < -0.39 is 0 Å². The lowest BCUT2D eigenvalue weighted by Crippen LogP contribution is -2.22. The van der Waals surface area contributed by atoms with Crippen molar-refractivity contribution in [2.45, 2.75) is 59.3 Å². The molecule has 0 radical (unpaired) electrons. The molecular weight excluding hydrogens is 360 g/mol. The van der Waals surface area contributed by atoms with Crippen LogP contribution in [0.15, 0.2) is 35.3 Å². The van der Waals surface area contributed by atoms with E-state index in [-0.39, 0.29) is 5.96 Å². The fraction of sp³-hybridized carbons (Fsp3) is 0.458. The first kappa shape index (κ1) is 22.8. The molecule has 7 N–H and O–H groups in total. The Morgan fingerprint density at radius 2 is 1.62 bits per heavy atom. The average Bonchev–Trinajstić information content (AvgIpc) is 2.68. The average molecular weight is 397 g/mol. The van der Waals surface area contributed by atoms with E-state index in [1.807, 2.05) is 13.0 Å². The summed E-state index contributed by atoms with van der Waals surface area (Å²) in [6.07, 6.45) is 5.30. The minimum Gasteiger partial charge on any atom is -0.507 e. The first-order chi connectivity index (χ1) is 13.8. The van der Waals surface area contributed by atoms with Gasteiger partial charge in [-0.2, -0.15) is 0 Å². The number of rotatable bonds is 10. The van der Waals surface area contributed by atoms with Gasteiger partial charge >= 0.3 is 0 Å². The van der Waals surface area contributed by atoms with E-state index in [0.717, 1.165) is 60.9 Å². The van der Waals surface area contributed by atoms with E-state index >= 15 is 0 Å². The SMILES string of the molecule is Cc1c(O)c(CCCc2ccccc2)c(CCCN)c(CC(C)C)c1N=C(N)N. The van der Waals surface area contributed by atoms with Crippen LogP contribution in [0.5, 0.6) is 5.75 Å². The first-order valence-electron chi connectivity index (χ1n) is 10.5.